The molecule has 2 heterocycles. The van der Waals surface area contributed by atoms with Crippen LogP contribution < -0.4 is 0 Å². The number of aldehydes is 1. The molecule has 0 aromatic carbocycles. The van der Waals surface area contributed by atoms with Crippen LogP contribution >= 0.6 is 0 Å². The molecule has 0 N–H and O–H groups in total. The second-order valence-electron chi connectivity index (χ2n) is 2.43. The fourth-order valence-corrected chi connectivity index (χ4v) is 0.951. The molecule has 0 radical (unpaired) electrons. The van der Waals surface area contributed by atoms with Gasteiger partial charge < -0.3 is 4.42 Å². The molecule has 0 spiro atoms. The summed E-state index contributed by atoms with van der Waals surface area (Å²) in [6, 6.07) is 3.36. The highest BCUT2D eigenvalue weighted by Crippen LogP contribution is 2.13. The van der Waals surface area contributed by atoms with Crippen molar-refractivity contribution in [2.45, 2.75) is 0 Å². The van der Waals surface area contributed by atoms with Crippen molar-refractivity contribution < 1.29 is 9.21 Å². The van der Waals surface area contributed by atoms with Crippen LogP contribution in [0, 0.1) is 0 Å². The number of carbonyl (C=O) groups is 1. The fraction of sp³-hybridized carbons (Fsp3) is 0. The number of hydrogen-bond donors (Lipinski definition) is 0. The van der Waals surface area contributed by atoms with Crippen LogP contribution in [0.15, 0.2) is 35.2 Å². The van der Waals surface area contributed by atoms with Crippen molar-refractivity contribution in [2.24, 2.45) is 0 Å². The monoisotopic (exact) mass is 174 g/mol. The van der Waals surface area contributed by atoms with Gasteiger partial charge in [-0.2, -0.15) is 0 Å². The van der Waals surface area contributed by atoms with Crippen molar-refractivity contribution in [3.63, 3.8) is 0 Å². The van der Waals surface area contributed by atoms with E-state index in [2.05, 4.69) is 9.97 Å². The van der Waals surface area contributed by atoms with Crippen molar-refractivity contribution >= 4 is 6.29 Å². The van der Waals surface area contributed by atoms with E-state index in [9.17, 15) is 4.79 Å². The predicted octanol–water partition coefficient (Wildman–Crippen LogP) is 1.55. The van der Waals surface area contributed by atoms with Gasteiger partial charge in [0.15, 0.2) is 6.29 Å². The van der Waals surface area contributed by atoms with Gasteiger partial charge in [0, 0.05) is 11.8 Å². The van der Waals surface area contributed by atoms with E-state index in [1.54, 1.807) is 18.3 Å². The van der Waals surface area contributed by atoms with E-state index in [0.29, 0.717) is 17.1 Å². The predicted molar refractivity (Wildman–Crippen MR) is 45.1 cm³/mol. The molecule has 0 aliphatic carbocycles. The molecule has 4 heteroatoms. The van der Waals surface area contributed by atoms with Crippen molar-refractivity contribution in [1.82, 2.24) is 9.97 Å². The lowest BCUT2D eigenvalue weighted by Crippen LogP contribution is -1.85. The Morgan fingerprint density at radius 1 is 1.31 bits per heavy atom. The highest BCUT2D eigenvalue weighted by atomic mass is 16.3. The van der Waals surface area contributed by atoms with E-state index < -0.39 is 0 Å². The van der Waals surface area contributed by atoms with E-state index in [-0.39, 0.29) is 0 Å². The first kappa shape index (κ1) is 7.67. The molecule has 0 unspecified atom stereocenters. The van der Waals surface area contributed by atoms with Crippen LogP contribution in [-0.4, -0.2) is 16.3 Å². The highest BCUT2D eigenvalue weighted by Gasteiger charge is 2.02. The smallest absolute Gasteiger partial charge is 0.244 e. The lowest BCUT2D eigenvalue weighted by atomic mass is 10.3. The first-order valence-corrected chi connectivity index (χ1v) is 3.71. The Labute approximate surface area is 74.2 Å². The van der Waals surface area contributed by atoms with Crippen LogP contribution in [0.25, 0.3) is 11.6 Å². The van der Waals surface area contributed by atoms with E-state index in [1.165, 1.54) is 12.5 Å². The summed E-state index contributed by atoms with van der Waals surface area (Å²) in [7, 11) is 0. The van der Waals surface area contributed by atoms with Crippen LogP contribution in [0.5, 0.6) is 0 Å². The third-order valence-corrected chi connectivity index (χ3v) is 1.57. The largest absolute Gasteiger partial charge is 0.443 e. The van der Waals surface area contributed by atoms with Crippen molar-refractivity contribution in [1.29, 1.82) is 0 Å². The van der Waals surface area contributed by atoms with Gasteiger partial charge in [0.2, 0.25) is 5.89 Å². The van der Waals surface area contributed by atoms with Crippen molar-refractivity contribution in [3.8, 4) is 11.6 Å². The Bertz CT molecular complexity index is 392. The summed E-state index contributed by atoms with van der Waals surface area (Å²) in [6.45, 7) is 0. The first-order chi connectivity index (χ1) is 6.40. The van der Waals surface area contributed by atoms with Crippen LogP contribution in [0.4, 0.5) is 0 Å². The Kier molecular flexibility index (Phi) is 1.88. The van der Waals surface area contributed by atoms with Crippen LogP contribution in [0.2, 0.25) is 0 Å². The third-order valence-electron chi connectivity index (χ3n) is 1.57. The Morgan fingerprint density at radius 3 is 2.77 bits per heavy atom. The maximum Gasteiger partial charge on any atom is 0.244 e. The van der Waals surface area contributed by atoms with Crippen LogP contribution in [-0.2, 0) is 0 Å². The number of pyridine rings is 1. The van der Waals surface area contributed by atoms with Crippen LogP contribution in [0.3, 0.4) is 0 Å². The van der Waals surface area contributed by atoms with Gasteiger partial charge in [-0.05, 0) is 12.1 Å². The quantitative estimate of drug-likeness (QED) is 0.648. The molecular formula is C9H6N2O2. The zero-order valence-electron chi connectivity index (χ0n) is 6.68. The number of aromatic nitrogens is 2. The Hall–Kier alpha value is -1.97. The SMILES string of the molecule is O=Cc1ccc(-c2ncco2)nc1. The maximum absolute atomic E-state index is 10.3. The van der Waals surface area contributed by atoms with E-state index in [1.807, 2.05) is 0 Å². The Morgan fingerprint density at radius 2 is 2.23 bits per heavy atom. The van der Waals surface area contributed by atoms with Crippen molar-refractivity contribution in [2.75, 3.05) is 0 Å². The zero-order chi connectivity index (χ0) is 9.10. The van der Waals surface area contributed by atoms with Gasteiger partial charge in [0.1, 0.15) is 12.0 Å². The maximum atomic E-state index is 10.3. The first-order valence-electron chi connectivity index (χ1n) is 3.71. The average molecular weight is 174 g/mol. The number of rotatable bonds is 2. The third kappa shape index (κ3) is 1.46. The van der Waals surface area contributed by atoms with Gasteiger partial charge in [-0.3, -0.25) is 9.78 Å². The molecule has 64 valence electrons. The molecule has 0 aliphatic heterocycles. The lowest BCUT2D eigenvalue weighted by Gasteiger charge is -1.93. The molecule has 0 amide bonds. The van der Waals surface area contributed by atoms with Gasteiger partial charge in [-0.1, -0.05) is 0 Å². The number of nitrogens with zero attached hydrogens (tertiary/aromatic N) is 2. The summed E-state index contributed by atoms with van der Waals surface area (Å²) in [5.74, 6) is 0.456. The van der Waals surface area contributed by atoms with Gasteiger partial charge in [0.25, 0.3) is 0 Å². The molecule has 0 atom stereocenters. The second kappa shape index (κ2) is 3.18. The summed E-state index contributed by atoms with van der Waals surface area (Å²) >= 11 is 0. The summed E-state index contributed by atoms with van der Waals surface area (Å²) in [6.07, 6.45) is 5.24. The van der Waals surface area contributed by atoms with Gasteiger partial charge >= 0.3 is 0 Å². The molecule has 0 aliphatic rings. The molecule has 2 rings (SSSR count). The second-order valence-corrected chi connectivity index (χ2v) is 2.43. The normalized spacial score (nSPS) is 9.85. The van der Waals surface area contributed by atoms with Crippen LogP contribution in [0.1, 0.15) is 10.4 Å². The molecule has 0 bridgehead atoms. The van der Waals surface area contributed by atoms with E-state index >= 15 is 0 Å². The minimum absolute atomic E-state index is 0.456. The molecule has 4 nitrogen and oxygen atoms in total. The minimum Gasteiger partial charge on any atom is -0.443 e. The number of oxazole rings is 1. The minimum atomic E-state index is 0.456. The summed E-state index contributed by atoms with van der Waals surface area (Å²) in [5.41, 5.74) is 1.16. The molecule has 0 saturated carbocycles. The lowest BCUT2D eigenvalue weighted by molar-refractivity contribution is 0.112. The van der Waals surface area contributed by atoms with Gasteiger partial charge in [-0.25, -0.2) is 4.98 Å². The fourth-order valence-electron chi connectivity index (χ4n) is 0.951. The summed E-state index contributed by atoms with van der Waals surface area (Å²) < 4.78 is 5.03. The van der Waals surface area contributed by atoms with Gasteiger partial charge in [0.05, 0.1) is 6.20 Å². The molecule has 0 saturated heterocycles. The standard InChI is InChI=1S/C9H6N2O2/c12-6-7-1-2-8(11-5-7)9-10-3-4-13-9/h1-6H. The molecular weight excluding hydrogens is 168 g/mol. The number of carbonyl (C=O) groups excluding carboxylic acids is 1. The summed E-state index contributed by atoms with van der Waals surface area (Å²) in [5, 5.41) is 0. The Balaban J connectivity index is 2.38. The molecule has 2 aromatic heterocycles. The zero-order valence-corrected chi connectivity index (χ0v) is 6.68. The van der Waals surface area contributed by atoms with Gasteiger partial charge in [-0.15, -0.1) is 0 Å². The highest BCUT2D eigenvalue weighted by molar-refractivity contribution is 5.74. The topological polar surface area (TPSA) is 56.0 Å². The molecule has 13 heavy (non-hydrogen) atoms. The van der Waals surface area contributed by atoms with Crippen molar-refractivity contribution in [3.05, 3.63) is 36.4 Å². The summed E-state index contributed by atoms with van der Waals surface area (Å²) in [4.78, 5) is 18.3. The van der Waals surface area contributed by atoms with E-state index in [0.717, 1.165) is 6.29 Å². The number of hydrogen-bond acceptors (Lipinski definition) is 4. The molecule has 0 fully saturated rings. The average Bonchev–Trinajstić information content (AvgIpc) is 2.71. The van der Waals surface area contributed by atoms with E-state index in [4.69, 9.17) is 4.42 Å². The molecule has 2 aromatic rings.